The van der Waals surface area contributed by atoms with Crippen LogP contribution in [0.25, 0.3) is 11.1 Å². The Bertz CT molecular complexity index is 1500. The number of aromatic amines is 1. The molecule has 2 heterocycles. The van der Waals surface area contributed by atoms with Crippen molar-refractivity contribution >= 4 is 10.0 Å². The molecular formula is C31H34FN3O2S. The molecule has 1 saturated heterocycles. The number of H-pyrrole nitrogens is 1. The lowest BCUT2D eigenvalue weighted by molar-refractivity contribution is 0.198. The second-order valence-corrected chi connectivity index (χ2v) is 12.7. The minimum atomic E-state index is -4.10. The Morgan fingerprint density at radius 2 is 1.82 bits per heavy atom. The van der Waals surface area contributed by atoms with Crippen LogP contribution in [0.5, 0.6) is 0 Å². The van der Waals surface area contributed by atoms with Gasteiger partial charge in [0.2, 0.25) is 10.0 Å². The average Bonchev–Trinajstić information content (AvgIpc) is 3.82. The normalized spacial score (nSPS) is 18.8. The third-order valence-corrected chi connectivity index (χ3v) is 9.08. The van der Waals surface area contributed by atoms with Crippen LogP contribution in [0, 0.1) is 29.5 Å². The van der Waals surface area contributed by atoms with Gasteiger partial charge in [0.05, 0.1) is 0 Å². The standard InChI is InChI=1S/C31H34FN3O2S/c32-29-18-24(8-11-31(29)38(33,36)37)17-27-28(20-34-30(27)19-23-6-7-23)25-3-1-2-22(16-25)5-4-21-12-14-35(15-13-21)26-9-10-26/h1-3,8,11,16,18,20-21,23,26,34H,6-7,9-10,12-15,17,19H2,(H2,33,36,37). The van der Waals surface area contributed by atoms with Gasteiger partial charge < -0.3 is 9.88 Å². The van der Waals surface area contributed by atoms with Crippen molar-refractivity contribution in [3.8, 4) is 23.0 Å². The molecule has 3 fully saturated rings. The third kappa shape index (κ3) is 5.88. The van der Waals surface area contributed by atoms with E-state index in [9.17, 15) is 12.8 Å². The molecule has 0 spiro atoms. The van der Waals surface area contributed by atoms with E-state index in [1.807, 2.05) is 12.3 Å². The number of likely N-dealkylation sites (tertiary alicyclic amines) is 1. The minimum Gasteiger partial charge on any atom is -0.364 e. The fourth-order valence-electron chi connectivity index (χ4n) is 5.64. The summed E-state index contributed by atoms with van der Waals surface area (Å²) in [6.45, 7) is 2.33. The molecule has 2 saturated carbocycles. The van der Waals surface area contributed by atoms with Gasteiger partial charge in [-0.15, -0.1) is 0 Å². The summed E-state index contributed by atoms with van der Waals surface area (Å²) in [7, 11) is -4.10. The number of sulfonamides is 1. The number of nitrogens with one attached hydrogen (secondary N) is 1. The number of primary sulfonamides is 1. The van der Waals surface area contributed by atoms with Crippen LogP contribution in [0.1, 0.15) is 60.9 Å². The maximum atomic E-state index is 14.6. The molecule has 5 nitrogen and oxygen atoms in total. The zero-order chi connectivity index (χ0) is 26.3. The summed E-state index contributed by atoms with van der Waals surface area (Å²) in [6.07, 6.45) is 11.0. The molecule has 7 heteroatoms. The van der Waals surface area contributed by atoms with Gasteiger partial charge in [-0.2, -0.15) is 0 Å². The molecule has 0 bridgehead atoms. The Morgan fingerprint density at radius 3 is 2.50 bits per heavy atom. The molecule has 3 N–H and O–H groups in total. The van der Waals surface area contributed by atoms with Gasteiger partial charge in [0.1, 0.15) is 10.7 Å². The lowest BCUT2D eigenvalue weighted by Crippen LogP contribution is -2.34. The van der Waals surface area contributed by atoms with E-state index in [0.29, 0.717) is 23.8 Å². The Morgan fingerprint density at radius 1 is 1.03 bits per heavy atom. The maximum Gasteiger partial charge on any atom is 0.240 e. The number of nitrogens with zero attached hydrogens (tertiary/aromatic N) is 1. The van der Waals surface area contributed by atoms with Crippen LogP contribution in [0.2, 0.25) is 0 Å². The molecule has 6 rings (SSSR count). The monoisotopic (exact) mass is 531 g/mol. The quantitative estimate of drug-likeness (QED) is 0.410. The fourth-order valence-corrected chi connectivity index (χ4v) is 6.22. The summed E-state index contributed by atoms with van der Waals surface area (Å²) in [5.41, 5.74) is 6.16. The van der Waals surface area contributed by atoms with Crippen molar-refractivity contribution in [2.24, 2.45) is 17.0 Å². The number of rotatable bonds is 7. The Labute approximate surface area is 224 Å². The molecule has 3 aliphatic rings. The first-order valence-electron chi connectivity index (χ1n) is 13.7. The molecule has 198 valence electrons. The Balaban J connectivity index is 1.25. The lowest BCUT2D eigenvalue weighted by atomic mass is 9.94. The second kappa shape index (κ2) is 10.3. The predicted octanol–water partition coefficient (Wildman–Crippen LogP) is 5.24. The smallest absolute Gasteiger partial charge is 0.240 e. The van der Waals surface area contributed by atoms with E-state index in [4.69, 9.17) is 5.14 Å². The average molecular weight is 532 g/mol. The van der Waals surface area contributed by atoms with Crippen LogP contribution in [-0.2, 0) is 22.9 Å². The number of halogens is 1. The van der Waals surface area contributed by atoms with Crippen molar-refractivity contribution < 1.29 is 12.8 Å². The van der Waals surface area contributed by atoms with Crippen molar-refractivity contribution in [3.05, 3.63) is 76.9 Å². The minimum absolute atomic E-state index is 0.455. The highest BCUT2D eigenvalue weighted by molar-refractivity contribution is 7.89. The topological polar surface area (TPSA) is 79.2 Å². The molecule has 2 aromatic carbocycles. The van der Waals surface area contributed by atoms with Gasteiger partial charge in [0, 0.05) is 35.0 Å². The highest BCUT2D eigenvalue weighted by atomic mass is 32.2. The molecule has 0 unspecified atom stereocenters. The number of benzene rings is 2. The number of nitrogens with two attached hydrogens (primary N) is 1. The summed E-state index contributed by atoms with van der Waals surface area (Å²) in [5.74, 6) is 7.29. The Kier molecular flexibility index (Phi) is 6.90. The molecule has 3 aromatic rings. The van der Waals surface area contributed by atoms with E-state index in [0.717, 1.165) is 53.3 Å². The molecule has 0 radical (unpaired) electrons. The van der Waals surface area contributed by atoms with E-state index >= 15 is 0 Å². The molecule has 38 heavy (non-hydrogen) atoms. The summed E-state index contributed by atoms with van der Waals surface area (Å²) >= 11 is 0. The van der Waals surface area contributed by atoms with Crippen molar-refractivity contribution in [2.45, 2.75) is 62.3 Å². The van der Waals surface area contributed by atoms with Gasteiger partial charge in [0.15, 0.2) is 0 Å². The summed E-state index contributed by atoms with van der Waals surface area (Å²) in [4.78, 5) is 5.64. The van der Waals surface area contributed by atoms with Crippen LogP contribution < -0.4 is 5.14 Å². The van der Waals surface area contributed by atoms with Gasteiger partial charge in [-0.25, -0.2) is 17.9 Å². The predicted molar refractivity (Wildman–Crippen MR) is 147 cm³/mol. The highest BCUT2D eigenvalue weighted by Gasteiger charge is 2.31. The zero-order valence-corrected chi connectivity index (χ0v) is 22.4. The van der Waals surface area contributed by atoms with Crippen molar-refractivity contribution in [3.63, 3.8) is 0 Å². The van der Waals surface area contributed by atoms with Crippen molar-refractivity contribution in [2.75, 3.05) is 13.1 Å². The highest BCUT2D eigenvalue weighted by Crippen LogP contribution is 2.37. The summed E-state index contributed by atoms with van der Waals surface area (Å²) in [6, 6.07) is 13.4. The van der Waals surface area contributed by atoms with Crippen LogP contribution >= 0.6 is 0 Å². The summed E-state index contributed by atoms with van der Waals surface area (Å²) in [5, 5.41) is 5.15. The third-order valence-electron chi connectivity index (χ3n) is 8.14. The lowest BCUT2D eigenvalue weighted by Gasteiger charge is -2.29. The van der Waals surface area contributed by atoms with E-state index in [1.165, 1.54) is 50.9 Å². The van der Waals surface area contributed by atoms with E-state index < -0.39 is 20.7 Å². The largest absolute Gasteiger partial charge is 0.364 e. The second-order valence-electron chi connectivity index (χ2n) is 11.2. The first-order chi connectivity index (χ1) is 18.3. The summed E-state index contributed by atoms with van der Waals surface area (Å²) < 4.78 is 37.9. The van der Waals surface area contributed by atoms with E-state index in [-0.39, 0.29) is 0 Å². The molecule has 1 aliphatic heterocycles. The fraction of sp³-hybridized carbons (Fsp3) is 0.419. The number of hydrogen-bond acceptors (Lipinski definition) is 3. The molecule has 0 amide bonds. The van der Waals surface area contributed by atoms with E-state index in [1.54, 1.807) is 6.07 Å². The van der Waals surface area contributed by atoms with Gasteiger partial charge in [0.25, 0.3) is 0 Å². The van der Waals surface area contributed by atoms with Crippen LogP contribution in [-0.4, -0.2) is 37.4 Å². The molecule has 1 aromatic heterocycles. The van der Waals surface area contributed by atoms with Gasteiger partial charge >= 0.3 is 0 Å². The number of piperidine rings is 1. The first kappa shape index (κ1) is 25.4. The SMILES string of the molecule is NS(=O)(=O)c1ccc(Cc2c(-c3cccc(C#CC4CCN(C5CC5)CC4)c3)c[nH]c2CC2CC2)cc1F. The van der Waals surface area contributed by atoms with Gasteiger partial charge in [-0.05, 0) is 111 Å². The van der Waals surface area contributed by atoms with Gasteiger partial charge in [-0.3, -0.25) is 0 Å². The molecule has 0 atom stereocenters. The molecule has 2 aliphatic carbocycles. The van der Waals surface area contributed by atoms with Crippen molar-refractivity contribution in [1.29, 1.82) is 0 Å². The van der Waals surface area contributed by atoms with Crippen LogP contribution in [0.15, 0.2) is 53.6 Å². The molecular weight excluding hydrogens is 497 g/mol. The van der Waals surface area contributed by atoms with Crippen molar-refractivity contribution in [1.82, 2.24) is 9.88 Å². The van der Waals surface area contributed by atoms with Gasteiger partial charge in [-0.1, -0.05) is 30.0 Å². The van der Waals surface area contributed by atoms with E-state index in [2.05, 4.69) is 39.9 Å². The number of hydrogen-bond donors (Lipinski definition) is 2. The van der Waals surface area contributed by atoms with Crippen LogP contribution in [0.4, 0.5) is 4.39 Å². The maximum absolute atomic E-state index is 14.6. The first-order valence-corrected chi connectivity index (χ1v) is 15.2. The number of aromatic nitrogens is 1. The zero-order valence-electron chi connectivity index (χ0n) is 21.5. The Hall–Kier alpha value is -2.92. The van der Waals surface area contributed by atoms with Crippen LogP contribution in [0.3, 0.4) is 0 Å².